The number of piperidine rings is 1. The summed E-state index contributed by atoms with van der Waals surface area (Å²) in [4.78, 5) is 42.9. The number of pyridine rings is 2. The van der Waals surface area contributed by atoms with E-state index in [0.29, 0.717) is 69.7 Å². The monoisotopic (exact) mass is 713 g/mol. The van der Waals surface area contributed by atoms with E-state index in [9.17, 15) is 28.7 Å². The smallest absolute Gasteiger partial charge is 0.338 e. The number of nitrogens with zero attached hydrogens (tertiary/aromatic N) is 7. The molecule has 5 aromatic rings. The van der Waals surface area contributed by atoms with Crippen molar-refractivity contribution in [1.29, 1.82) is 5.26 Å². The maximum Gasteiger partial charge on any atom is 0.338 e. The van der Waals surface area contributed by atoms with Crippen LogP contribution in [0.1, 0.15) is 47.1 Å². The second-order valence-corrected chi connectivity index (χ2v) is 14.4. The predicted octanol–water partition coefficient (Wildman–Crippen LogP) is 6.21. The number of nitriles is 1. The number of carboxylic acids is 1. The first kappa shape index (κ1) is 33.5. The highest BCUT2D eigenvalue weighted by molar-refractivity contribution is 7.18. The molecule has 1 N–H and O–H groups in total. The van der Waals surface area contributed by atoms with Gasteiger partial charge in [0.05, 0.1) is 46.0 Å². The third-order valence-electron chi connectivity index (χ3n) is 9.44. The molecule has 0 unspecified atom stereocenters. The molecule has 0 amide bonds. The summed E-state index contributed by atoms with van der Waals surface area (Å²) in [5.41, 5.74) is 2.59. The minimum Gasteiger partial charge on any atom is -0.478 e. The van der Waals surface area contributed by atoms with Gasteiger partial charge in [0, 0.05) is 66.4 Å². The number of alkyl halides is 2. The zero-order valence-electron chi connectivity index (χ0n) is 27.1. The third-order valence-corrected chi connectivity index (χ3v) is 10.7. The molecule has 2 fully saturated rings. The molecule has 50 heavy (non-hydrogen) atoms. The van der Waals surface area contributed by atoms with E-state index in [2.05, 4.69) is 32.9 Å². The van der Waals surface area contributed by atoms with Crippen LogP contribution in [0.4, 0.5) is 14.6 Å². The van der Waals surface area contributed by atoms with Gasteiger partial charge in [0.1, 0.15) is 23.3 Å². The summed E-state index contributed by atoms with van der Waals surface area (Å²) in [7, 11) is 0. The zero-order valence-corrected chi connectivity index (χ0v) is 28.7. The van der Waals surface area contributed by atoms with Crippen molar-refractivity contribution < 1.29 is 18.7 Å². The first-order chi connectivity index (χ1) is 23.9. The average molecular weight is 714 g/mol. The van der Waals surface area contributed by atoms with Gasteiger partial charge in [0.25, 0.3) is 11.5 Å². The summed E-state index contributed by atoms with van der Waals surface area (Å²) < 4.78 is 29.1. The first-order valence-electron chi connectivity index (χ1n) is 15.9. The Hall–Kier alpha value is -4.95. The normalized spacial score (nSPS) is 15.9. The van der Waals surface area contributed by atoms with Gasteiger partial charge in [0.15, 0.2) is 0 Å². The molecule has 2 aliphatic heterocycles. The van der Waals surface area contributed by atoms with E-state index < -0.39 is 17.5 Å². The largest absolute Gasteiger partial charge is 0.478 e. The number of aromatic nitrogens is 4. The van der Waals surface area contributed by atoms with E-state index in [1.807, 2.05) is 4.90 Å². The summed E-state index contributed by atoms with van der Waals surface area (Å²) in [6.07, 6.45) is 4.62. The quantitative estimate of drug-likeness (QED) is 0.204. The van der Waals surface area contributed by atoms with Gasteiger partial charge in [-0.1, -0.05) is 23.4 Å². The predicted molar refractivity (Wildman–Crippen MR) is 188 cm³/mol. The van der Waals surface area contributed by atoms with Crippen LogP contribution in [0.5, 0.6) is 0 Å². The van der Waals surface area contributed by atoms with Crippen LogP contribution in [0, 0.1) is 35.5 Å². The second kappa shape index (κ2) is 12.7. The highest BCUT2D eigenvalue weighted by atomic mass is 35.5. The van der Waals surface area contributed by atoms with E-state index in [4.69, 9.17) is 11.6 Å². The molecule has 1 spiro atoms. The van der Waals surface area contributed by atoms with Crippen LogP contribution in [-0.4, -0.2) is 74.1 Å². The fraction of sp³-hybridized carbons (Fsp3) is 0.333. The van der Waals surface area contributed by atoms with Gasteiger partial charge in [-0.15, -0.1) is 11.3 Å². The molecular weight excluding hydrogens is 684 g/mol. The topological polar surface area (TPSA) is 128 Å². The standard InChI is InChI=1S/C36H30ClF2N7O3S/c1-21-43-28-16-42-32(45-12-8-36(9-13-45)19-44(20-36)18-35(2,38)39)26(15-40)29(28)33(47)46(21)11-3-4-22-5-6-23(37)14-25(22)24-7-10-41-30-27(34(48)49)17-50-31(24)30/h5-7,10,14,16-17H,8-9,11-13,18-20H2,1-2H3,(H,48,49). The Morgan fingerprint density at radius 2 is 1.94 bits per heavy atom. The molecule has 14 heteroatoms. The summed E-state index contributed by atoms with van der Waals surface area (Å²) in [5.74, 6) is 3.28. The second-order valence-electron chi connectivity index (χ2n) is 13.1. The third kappa shape index (κ3) is 6.17. The van der Waals surface area contributed by atoms with Gasteiger partial charge in [-0.05, 0) is 49.4 Å². The SMILES string of the molecule is Cc1nc2cnc(N3CCC4(CC3)CN(CC(C)(F)F)C4)c(C#N)c2c(=O)n1CC#Cc1ccc(Cl)cc1-c1ccnc2c(C(=O)O)csc12. The lowest BCUT2D eigenvalue weighted by Gasteiger charge is -2.54. The van der Waals surface area contributed by atoms with Gasteiger partial charge >= 0.3 is 5.97 Å². The molecule has 0 aliphatic carbocycles. The molecule has 7 rings (SSSR count). The summed E-state index contributed by atoms with van der Waals surface area (Å²) in [5, 5.41) is 22.1. The van der Waals surface area contributed by atoms with Gasteiger partial charge in [-0.25, -0.2) is 23.5 Å². The molecule has 0 bridgehead atoms. The fourth-order valence-electron chi connectivity index (χ4n) is 7.12. The number of anilines is 1. The Labute approximate surface area is 294 Å². The minimum absolute atomic E-state index is 0.00828. The Bertz CT molecular complexity index is 2350. The molecule has 1 aromatic carbocycles. The number of rotatable bonds is 6. The molecule has 0 atom stereocenters. The van der Waals surface area contributed by atoms with Gasteiger partial charge < -0.3 is 10.0 Å². The highest BCUT2D eigenvalue weighted by Gasteiger charge is 2.47. The lowest BCUT2D eigenvalue weighted by atomic mass is 9.72. The Morgan fingerprint density at radius 1 is 1.18 bits per heavy atom. The molecule has 0 saturated carbocycles. The summed E-state index contributed by atoms with van der Waals surface area (Å²) in [6, 6.07) is 9.23. The van der Waals surface area contributed by atoms with Crippen LogP contribution in [-0.2, 0) is 6.54 Å². The first-order valence-corrected chi connectivity index (χ1v) is 17.2. The van der Waals surface area contributed by atoms with E-state index in [1.54, 1.807) is 47.7 Å². The number of carboxylic acid groups (broad SMARTS) is 1. The number of carbonyl (C=O) groups is 1. The van der Waals surface area contributed by atoms with Crippen LogP contribution in [0.15, 0.2) is 46.8 Å². The van der Waals surface area contributed by atoms with Gasteiger partial charge in [-0.3, -0.25) is 19.2 Å². The van der Waals surface area contributed by atoms with Crippen LogP contribution < -0.4 is 10.5 Å². The van der Waals surface area contributed by atoms with E-state index in [0.717, 1.165) is 25.3 Å². The number of hydrogen-bond donors (Lipinski definition) is 1. The minimum atomic E-state index is -2.73. The number of halogens is 3. The van der Waals surface area contributed by atoms with E-state index in [-0.39, 0.29) is 35.0 Å². The number of aromatic carboxylic acids is 1. The van der Waals surface area contributed by atoms with E-state index in [1.165, 1.54) is 22.1 Å². The van der Waals surface area contributed by atoms with Crippen molar-refractivity contribution in [2.75, 3.05) is 37.6 Å². The van der Waals surface area contributed by atoms with Crippen LogP contribution in [0.3, 0.4) is 0 Å². The summed E-state index contributed by atoms with van der Waals surface area (Å²) in [6.45, 7) is 4.82. The number of hydrogen-bond acceptors (Lipinski definition) is 9. The molecule has 0 radical (unpaired) electrons. The van der Waals surface area contributed by atoms with Crippen LogP contribution in [0.2, 0.25) is 5.02 Å². The molecular formula is C36H30ClF2N7O3S. The maximum atomic E-state index is 14.0. The maximum absolute atomic E-state index is 14.0. The van der Waals surface area contributed by atoms with Crippen LogP contribution in [0.25, 0.3) is 32.2 Å². The van der Waals surface area contributed by atoms with Crippen molar-refractivity contribution in [1.82, 2.24) is 24.4 Å². The highest BCUT2D eigenvalue weighted by Crippen LogP contribution is 2.42. The number of benzene rings is 1. The van der Waals surface area contributed by atoms with Crippen LogP contribution >= 0.6 is 22.9 Å². The van der Waals surface area contributed by atoms with Crippen molar-refractivity contribution >= 4 is 55.8 Å². The van der Waals surface area contributed by atoms with Crippen molar-refractivity contribution in [3.63, 3.8) is 0 Å². The number of aryl methyl sites for hydroxylation is 1. The zero-order chi connectivity index (χ0) is 35.4. The molecule has 4 aromatic heterocycles. The lowest BCUT2D eigenvalue weighted by molar-refractivity contribution is -0.0867. The molecule has 2 saturated heterocycles. The molecule has 10 nitrogen and oxygen atoms in total. The average Bonchev–Trinajstić information content (AvgIpc) is 3.50. The Morgan fingerprint density at radius 3 is 2.64 bits per heavy atom. The Balaban J connectivity index is 1.17. The van der Waals surface area contributed by atoms with Gasteiger partial charge in [0.2, 0.25) is 0 Å². The van der Waals surface area contributed by atoms with Crippen molar-refractivity contribution in [2.24, 2.45) is 5.41 Å². The fourth-order valence-corrected chi connectivity index (χ4v) is 8.32. The van der Waals surface area contributed by atoms with Crippen molar-refractivity contribution in [3.05, 3.63) is 79.9 Å². The molecule has 2 aliphatic rings. The number of fused-ring (bicyclic) bond motifs is 2. The molecule has 254 valence electrons. The molecule has 6 heterocycles. The lowest BCUT2D eigenvalue weighted by Crippen LogP contribution is -2.62. The van der Waals surface area contributed by atoms with Gasteiger partial charge in [-0.2, -0.15) is 5.26 Å². The Kier molecular flexibility index (Phi) is 8.55. The number of thiophene rings is 1. The summed E-state index contributed by atoms with van der Waals surface area (Å²) >= 11 is 7.65. The van der Waals surface area contributed by atoms with E-state index >= 15 is 0 Å². The van der Waals surface area contributed by atoms with Crippen molar-refractivity contribution in [2.45, 2.75) is 39.2 Å². The number of likely N-dealkylation sites (tertiary alicyclic amines) is 1. The van der Waals surface area contributed by atoms with Crippen molar-refractivity contribution in [3.8, 4) is 29.0 Å².